The van der Waals surface area contributed by atoms with E-state index in [1.165, 1.54) is 30.4 Å². The van der Waals surface area contributed by atoms with Gasteiger partial charge in [0.25, 0.3) is 5.91 Å². The third-order valence-corrected chi connectivity index (χ3v) is 5.33. The Balaban J connectivity index is 1.64. The molecule has 2 aromatic heterocycles. The molecule has 0 aliphatic carbocycles. The largest absolute Gasteiger partial charge is 0.359 e. The second-order valence-corrected chi connectivity index (χ2v) is 7.15. The monoisotopic (exact) mass is 364 g/mol. The van der Waals surface area contributed by atoms with Crippen LogP contribution in [0.3, 0.4) is 0 Å². The Labute approximate surface area is 158 Å². The number of carbonyl (C=O) groups excluding carboxylic acids is 1. The predicted octanol–water partition coefficient (Wildman–Crippen LogP) is 2.32. The van der Waals surface area contributed by atoms with Gasteiger partial charge in [0.05, 0.1) is 11.8 Å². The number of nitrogens with one attached hydrogen (secondary N) is 2. The van der Waals surface area contributed by atoms with Gasteiger partial charge in [0, 0.05) is 30.3 Å². The molecular weight excluding hydrogens is 340 g/mol. The maximum atomic E-state index is 12.3. The van der Waals surface area contributed by atoms with E-state index < -0.39 is 0 Å². The van der Waals surface area contributed by atoms with Crippen LogP contribution in [0.4, 0.5) is 0 Å². The summed E-state index contributed by atoms with van der Waals surface area (Å²) in [6.07, 6.45) is 10.6. The Morgan fingerprint density at radius 1 is 1.19 bits per heavy atom. The highest BCUT2D eigenvalue weighted by Crippen LogP contribution is 2.25. The predicted molar refractivity (Wildman–Crippen MR) is 104 cm³/mol. The molecule has 0 spiro atoms. The second kappa shape index (κ2) is 7.44. The number of amides is 1. The zero-order chi connectivity index (χ0) is 18.8. The van der Waals surface area contributed by atoms with Crippen LogP contribution in [-0.4, -0.2) is 44.6 Å². The van der Waals surface area contributed by atoms with Crippen LogP contribution in [0.1, 0.15) is 47.5 Å². The third-order valence-electron chi connectivity index (χ3n) is 5.33. The van der Waals surface area contributed by atoms with Crippen molar-refractivity contribution in [3.8, 4) is 0 Å². The Morgan fingerprint density at radius 2 is 2.00 bits per heavy atom. The van der Waals surface area contributed by atoms with Crippen molar-refractivity contribution in [2.75, 3.05) is 13.1 Å². The van der Waals surface area contributed by atoms with Crippen molar-refractivity contribution in [3.63, 3.8) is 0 Å². The Kier molecular flexibility index (Phi) is 4.85. The van der Waals surface area contributed by atoms with Crippen LogP contribution < -0.4 is 5.43 Å². The van der Waals surface area contributed by atoms with Crippen molar-refractivity contribution >= 4 is 17.7 Å². The molecule has 4 rings (SSSR count). The van der Waals surface area contributed by atoms with Crippen LogP contribution in [0, 0.1) is 13.8 Å². The molecule has 0 unspecified atom stereocenters. The van der Waals surface area contributed by atoms with Crippen molar-refractivity contribution in [2.45, 2.75) is 39.7 Å². The molecule has 0 aromatic carbocycles. The van der Waals surface area contributed by atoms with Crippen LogP contribution in [-0.2, 0) is 11.3 Å². The lowest BCUT2D eigenvalue weighted by Crippen LogP contribution is -2.29. The molecule has 2 aliphatic rings. The van der Waals surface area contributed by atoms with E-state index in [9.17, 15) is 4.79 Å². The summed E-state index contributed by atoms with van der Waals surface area (Å²) in [5, 5.41) is 4.14. The first-order chi connectivity index (χ1) is 13.1. The number of likely N-dealkylation sites (tertiary alicyclic amines) is 1. The van der Waals surface area contributed by atoms with Gasteiger partial charge in [0.2, 0.25) is 0 Å². The van der Waals surface area contributed by atoms with Gasteiger partial charge < -0.3 is 4.98 Å². The van der Waals surface area contributed by atoms with Gasteiger partial charge in [-0.15, -0.1) is 0 Å². The quantitative estimate of drug-likeness (QED) is 0.815. The number of aromatic amines is 1. The number of aryl methyl sites for hydroxylation is 1. The molecular formula is C20H24N6O. The smallest absolute Gasteiger partial charge is 0.273 e. The van der Waals surface area contributed by atoms with Gasteiger partial charge in [-0.05, 0) is 57.0 Å². The average molecular weight is 364 g/mol. The molecule has 140 valence electrons. The summed E-state index contributed by atoms with van der Waals surface area (Å²) < 4.78 is 0. The number of aromatic nitrogens is 3. The summed E-state index contributed by atoms with van der Waals surface area (Å²) in [7, 11) is 0. The van der Waals surface area contributed by atoms with Gasteiger partial charge in [-0.3, -0.25) is 19.7 Å². The molecule has 0 bridgehead atoms. The number of nitrogens with zero attached hydrogens (tertiary/aromatic N) is 4. The molecule has 27 heavy (non-hydrogen) atoms. The SMILES string of the molecule is Cc1[nH]c(/C=C2/C(=O)NN=C2c2cnccn2)c(C)c1CN1CCCCC1. The van der Waals surface area contributed by atoms with Crippen LogP contribution in [0.15, 0.2) is 29.3 Å². The Hall–Kier alpha value is -2.80. The van der Waals surface area contributed by atoms with Gasteiger partial charge >= 0.3 is 0 Å². The fraction of sp³-hybridized carbons (Fsp3) is 0.400. The summed E-state index contributed by atoms with van der Waals surface area (Å²) in [5.74, 6) is -0.222. The Bertz CT molecular complexity index is 906. The van der Waals surface area contributed by atoms with Crippen LogP contribution in [0.2, 0.25) is 0 Å². The number of hydrazone groups is 1. The van der Waals surface area contributed by atoms with E-state index >= 15 is 0 Å². The topological polar surface area (TPSA) is 86.3 Å². The van der Waals surface area contributed by atoms with Crippen molar-refractivity contribution in [3.05, 3.63) is 52.4 Å². The normalized spacial score (nSPS) is 19.4. The lowest BCUT2D eigenvalue weighted by atomic mass is 10.0. The summed E-state index contributed by atoms with van der Waals surface area (Å²) in [5.41, 5.74) is 8.75. The first kappa shape index (κ1) is 17.6. The molecule has 1 saturated heterocycles. The average Bonchev–Trinajstić information content (AvgIpc) is 3.18. The molecule has 2 N–H and O–H groups in total. The van der Waals surface area contributed by atoms with E-state index in [-0.39, 0.29) is 5.91 Å². The number of piperidine rings is 1. The van der Waals surface area contributed by atoms with E-state index in [2.05, 4.69) is 44.2 Å². The molecule has 7 heteroatoms. The minimum atomic E-state index is -0.222. The van der Waals surface area contributed by atoms with Crippen molar-refractivity contribution in [1.82, 2.24) is 25.3 Å². The molecule has 2 aromatic rings. The minimum Gasteiger partial charge on any atom is -0.359 e. The van der Waals surface area contributed by atoms with E-state index in [0.29, 0.717) is 17.0 Å². The van der Waals surface area contributed by atoms with Crippen molar-refractivity contribution < 1.29 is 4.79 Å². The summed E-state index contributed by atoms with van der Waals surface area (Å²) in [6.45, 7) is 7.48. The Morgan fingerprint density at radius 3 is 2.74 bits per heavy atom. The van der Waals surface area contributed by atoms with E-state index in [1.54, 1.807) is 18.6 Å². The summed E-state index contributed by atoms with van der Waals surface area (Å²) in [4.78, 5) is 26.6. The fourth-order valence-corrected chi connectivity index (χ4v) is 3.77. The van der Waals surface area contributed by atoms with E-state index in [1.807, 2.05) is 6.08 Å². The molecule has 0 atom stereocenters. The van der Waals surface area contributed by atoms with Crippen molar-refractivity contribution in [2.24, 2.45) is 5.10 Å². The standard InChI is InChI=1S/C20H24N6O/c1-13-16(12-26-8-4-3-5-9-26)14(2)23-17(13)10-15-19(24-25-20(15)27)18-11-21-6-7-22-18/h6-7,10-11,23H,3-5,8-9,12H2,1-2H3,(H,25,27)/b15-10+. The minimum absolute atomic E-state index is 0.222. The maximum absolute atomic E-state index is 12.3. The number of H-pyrrole nitrogens is 1. The number of rotatable bonds is 4. The third kappa shape index (κ3) is 3.55. The zero-order valence-corrected chi connectivity index (χ0v) is 15.7. The molecule has 0 radical (unpaired) electrons. The lowest BCUT2D eigenvalue weighted by Gasteiger charge is -2.26. The molecule has 1 fully saturated rings. The molecule has 4 heterocycles. The van der Waals surface area contributed by atoms with Gasteiger partial charge in [-0.25, -0.2) is 5.43 Å². The zero-order valence-electron chi connectivity index (χ0n) is 15.7. The first-order valence-corrected chi connectivity index (χ1v) is 9.40. The van der Waals surface area contributed by atoms with Crippen LogP contribution >= 0.6 is 0 Å². The van der Waals surface area contributed by atoms with Gasteiger partial charge in [0.1, 0.15) is 11.4 Å². The van der Waals surface area contributed by atoms with Crippen LogP contribution in [0.25, 0.3) is 6.08 Å². The molecule has 1 amide bonds. The van der Waals surface area contributed by atoms with Crippen LogP contribution in [0.5, 0.6) is 0 Å². The highest BCUT2D eigenvalue weighted by Gasteiger charge is 2.26. The molecule has 2 aliphatic heterocycles. The van der Waals surface area contributed by atoms with Gasteiger partial charge in [-0.2, -0.15) is 5.10 Å². The number of hydrogen-bond donors (Lipinski definition) is 2. The van der Waals surface area contributed by atoms with Gasteiger partial charge in [0.15, 0.2) is 0 Å². The number of hydrogen-bond acceptors (Lipinski definition) is 5. The summed E-state index contributed by atoms with van der Waals surface area (Å²) >= 11 is 0. The first-order valence-electron chi connectivity index (χ1n) is 9.40. The fourth-order valence-electron chi connectivity index (χ4n) is 3.77. The summed E-state index contributed by atoms with van der Waals surface area (Å²) in [6, 6.07) is 0. The van der Waals surface area contributed by atoms with Gasteiger partial charge in [-0.1, -0.05) is 6.42 Å². The number of carbonyl (C=O) groups is 1. The van der Waals surface area contributed by atoms with E-state index in [4.69, 9.17) is 0 Å². The highest BCUT2D eigenvalue weighted by atomic mass is 16.2. The van der Waals surface area contributed by atoms with Crippen molar-refractivity contribution in [1.29, 1.82) is 0 Å². The second-order valence-electron chi connectivity index (χ2n) is 7.15. The molecule has 7 nitrogen and oxygen atoms in total. The lowest BCUT2D eigenvalue weighted by molar-refractivity contribution is -0.116. The molecule has 0 saturated carbocycles. The maximum Gasteiger partial charge on any atom is 0.273 e. The highest BCUT2D eigenvalue weighted by molar-refractivity contribution is 6.32. The van der Waals surface area contributed by atoms with E-state index in [0.717, 1.165) is 31.0 Å².